The highest BCUT2D eigenvalue weighted by molar-refractivity contribution is 5.84. The van der Waals surface area contributed by atoms with Crippen LogP contribution in [0.5, 0.6) is 0 Å². The molecule has 0 aliphatic carbocycles. The standard InChI is InChI=1S/C11H19NO5/c1-3-8(11(16)17-2)12-9(13)6-4-5-7-10(14)15/h8H,3-7H2,1-2H3,(H,12,13)(H,14,15)/t8-/m0/s1. The van der Waals surface area contributed by atoms with E-state index in [-0.39, 0.29) is 18.7 Å². The van der Waals surface area contributed by atoms with Crippen LogP contribution in [0.15, 0.2) is 0 Å². The average molecular weight is 245 g/mol. The zero-order valence-corrected chi connectivity index (χ0v) is 10.2. The van der Waals surface area contributed by atoms with Crippen molar-refractivity contribution in [1.82, 2.24) is 5.32 Å². The number of amides is 1. The summed E-state index contributed by atoms with van der Waals surface area (Å²) in [6.07, 6.45) is 1.70. The number of ether oxygens (including phenoxy) is 1. The van der Waals surface area contributed by atoms with Crippen LogP contribution in [0.1, 0.15) is 39.0 Å². The van der Waals surface area contributed by atoms with E-state index in [0.29, 0.717) is 19.3 Å². The van der Waals surface area contributed by atoms with E-state index in [4.69, 9.17) is 5.11 Å². The molecular formula is C11H19NO5. The summed E-state index contributed by atoms with van der Waals surface area (Å²) in [5.74, 6) is -1.59. The molecule has 0 aromatic heterocycles. The molecule has 1 amide bonds. The Labute approximate surface area is 100 Å². The quantitative estimate of drug-likeness (QED) is 0.485. The molecule has 17 heavy (non-hydrogen) atoms. The highest BCUT2D eigenvalue weighted by Gasteiger charge is 2.18. The average Bonchev–Trinajstić information content (AvgIpc) is 2.30. The van der Waals surface area contributed by atoms with E-state index in [0.717, 1.165) is 0 Å². The Kier molecular flexibility index (Phi) is 7.75. The lowest BCUT2D eigenvalue weighted by Crippen LogP contribution is -2.40. The van der Waals surface area contributed by atoms with Crippen molar-refractivity contribution in [2.45, 2.75) is 45.1 Å². The molecule has 0 aromatic rings. The number of unbranched alkanes of at least 4 members (excludes halogenated alkanes) is 1. The van der Waals surface area contributed by atoms with Gasteiger partial charge in [0.2, 0.25) is 5.91 Å². The van der Waals surface area contributed by atoms with E-state index in [1.165, 1.54) is 7.11 Å². The highest BCUT2D eigenvalue weighted by atomic mass is 16.5. The van der Waals surface area contributed by atoms with Crippen molar-refractivity contribution in [3.05, 3.63) is 0 Å². The van der Waals surface area contributed by atoms with Crippen molar-refractivity contribution < 1.29 is 24.2 Å². The number of hydrogen-bond donors (Lipinski definition) is 2. The third kappa shape index (κ3) is 7.32. The van der Waals surface area contributed by atoms with Crippen molar-refractivity contribution in [3.8, 4) is 0 Å². The van der Waals surface area contributed by atoms with E-state index in [1.54, 1.807) is 6.92 Å². The van der Waals surface area contributed by atoms with Crippen LogP contribution in [0.3, 0.4) is 0 Å². The Balaban J connectivity index is 3.83. The fourth-order valence-electron chi connectivity index (χ4n) is 1.30. The number of carbonyl (C=O) groups excluding carboxylic acids is 2. The van der Waals surface area contributed by atoms with E-state index in [2.05, 4.69) is 10.1 Å². The van der Waals surface area contributed by atoms with Gasteiger partial charge in [0.05, 0.1) is 7.11 Å². The van der Waals surface area contributed by atoms with Crippen molar-refractivity contribution in [1.29, 1.82) is 0 Å². The molecule has 0 spiro atoms. The number of rotatable bonds is 8. The molecule has 2 N–H and O–H groups in total. The van der Waals surface area contributed by atoms with Gasteiger partial charge in [0.25, 0.3) is 0 Å². The molecule has 0 fully saturated rings. The molecule has 6 nitrogen and oxygen atoms in total. The van der Waals surface area contributed by atoms with Crippen LogP contribution in [0.2, 0.25) is 0 Å². The predicted octanol–water partition coefficient (Wildman–Crippen LogP) is 0.699. The molecule has 0 radical (unpaired) electrons. The summed E-state index contributed by atoms with van der Waals surface area (Å²) in [4.78, 5) is 32.8. The summed E-state index contributed by atoms with van der Waals surface area (Å²) in [5.41, 5.74) is 0. The van der Waals surface area contributed by atoms with Crippen LogP contribution in [0.25, 0.3) is 0 Å². The highest BCUT2D eigenvalue weighted by Crippen LogP contribution is 2.01. The van der Waals surface area contributed by atoms with Crippen LogP contribution in [0, 0.1) is 0 Å². The molecule has 0 aliphatic heterocycles. The van der Waals surface area contributed by atoms with E-state index in [1.807, 2.05) is 0 Å². The summed E-state index contributed by atoms with van der Waals surface area (Å²) in [5, 5.41) is 10.9. The second kappa shape index (κ2) is 8.55. The van der Waals surface area contributed by atoms with Gasteiger partial charge < -0.3 is 15.2 Å². The van der Waals surface area contributed by atoms with Gasteiger partial charge >= 0.3 is 11.9 Å². The molecule has 1 atom stereocenters. The maximum atomic E-state index is 11.4. The molecule has 0 unspecified atom stereocenters. The smallest absolute Gasteiger partial charge is 0.328 e. The monoisotopic (exact) mass is 245 g/mol. The van der Waals surface area contributed by atoms with Gasteiger partial charge in [0, 0.05) is 12.8 Å². The molecule has 0 rings (SSSR count). The zero-order valence-electron chi connectivity index (χ0n) is 10.2. The minimum atomic E-state index is -0.869. The first-order chi connectivity index (χ1) is 8.01. The Morgan fingerprint density at radius 2 is 1.82 bits per heavy atom. The predicted molar refractivity (Wildman–Crippen MR) is 60.3 cm³/mol. The summed E-state index contributed by atoms with van der Waals surface area (Å²) >= 11 is 0. The van der Waals surface area contributed by atoms with E-state index in [9.17, 15) is 14.4 Å². The van der Waals surface area contributed by atoms with Gasteiger partial charge in [-0.15, -0.1) is 0 Å². The summed E-state index contributed by atoms with van der Waals surface area (Å²) in [6, 6.07) is -0.619. The van der Waals surface area contributed by atoms with Gasteiger partial charge in [-0.1, -0.05) is 6.92 Å². The first-order valence-electron chi connectivity index (χ1n) is 5.60. The Bertz CT molecular complexity index is 277. The maximum absolute atomic E-state index is 11.4. The number of hydrogen-bond acceptors (Lipinski definition) is 4. The molecule has 0 heterocycles. The van der Waals surface area contributed by atoms with Gasteiger partial charge in [-0.2, -0.15) is 0 Å². The third-order valence-corrected chi connectivity index (χ3v) is 2.27. The third-order valence-electron chi connectivity index (χ3n) is 2.27. The molecule has 0 aliphatic rings. The first-order valence-corrected chi connectivity index (χ1v) is 5.60. The van der Waals surface area contributed by atoms with Crippen molar-refractivity contribution in [3.63, 3.8) is 0 Å². The van der Waals surface area contributed by atoms with Crippen molar-refractivity contribution in [2.75, 3.05) is 7.11 Å². The summed E-state index contributed by atoms with van der Waals surface area (Å²) < 4.78 is 4.53. The minimum Gasteiger partial charge on any atom is -0.481 e. The second-order valence-corrected chi connectivity index (χ2v) is 3.65. The second-order valence-electron chi connectivity index (χ2n) is 3.65. The Morgan fingerprint density at radius 3 is 2.29 bits per heavy atom. The Morgan fingerprint density at radius 1 is 1.24 bits per heavy atom. The van der Waals surface area contributed by atoms with Crippen LogP contribution in [0.4, 0.5) is 0 Å². The number of methoxy groups -OCH3 is 1. The maximum Gasteiger partial charge on any atom is 0.328 e. The summed E-state index contributed by atoms with van der Waals surface area (Å²) in [7, 11) is 1.27. The normalized spacial score (nSPS) is 11.6. The zero-order chi connectivity index (χ0) is 13.3. The van der Waals surface area contributed by atoms with Crippen molar-refractivity contribution in [2.24, 2.45) is 0 Å². The van der Waals surface area contributed by atoms with Gasteiger partial charge in [-0.05, 0) is 19.3 Å². The van der Waals surface area contributed by atoms with Crippen LogP contribution in [-0.4, -0.2) is 36.1 Å². The molecule has 0 aromatic carbocycles. The minimum absolute atomic E-state index is 0.0570. The molecule has 98 valence electrons. The molecule has 0 saturated carbocycles. The molecule has 0 bridgehead atoms. The lowest BCUT2D eigenvalue weighted by molar-refractivity contribution is -0.145. The van der Waals surface area contributed by atoms with Gasteiger partial charge in [-0.25, -0.2) is 4.79 Å². The number of nitrogens with one attached hydrogen (secondary N) is 1. The molecular weight excluding hydrogens is 226 g/mol. The lowest BCUT2D eigenvalue weighted by Gasteiger charge is -2.14. The number of aliphatic carboxylic acids is 1. The van der Waals surface area contributed by atoms with Crippen LogP contribution < -0.4 is 5.32 Å². The largest absolute Gasteiger partial charge is 0.481 e. The van der Waals surface area contributed by atoms with Crippen LogP contribution in [-0.2, 0) is 19.1 Å². The number of carbonyl (C=O) groups is 3. The Hall–Kier alpha value is -1.59. The van der Waals surface area contributed by atoms with Gasteiger partial charge in [0.15, 0.2) is 0 Å². The van der Waals surface area contributed by atoms with E-state index >= 15 is 0 Å². The van der Waals surface area contributed by atoms with Gasteiger partial charge in [-0.3, -0.25) is 9.59 Å². The van der Waals surface area contributed by atoms with E-state index < -0.39 is 18.0 Å². The SMILES string of the molecule is CC[C@H](NC(=O)CCCCC(=O)O)C(=O)OC. The first kappa shape index (κ1) is 15.4. The fourth-order valence-corrected chi connectivity index (χ4v) is 1.30. The number of carboxylic acids is 1. The summed E-state index contributed by atoms with van der Waals surface area (Å²) in [6.45, 7) is 1.77. The molecule has 6 heteroatoms. The topological polar surface area (TPSA) is 92.7 Å². The van der Waals surface area contributed by atoms with Crippen molar-refractivity contribution >= 4 is 17.8 Å². The van der Waals surface area contributed by atoms with Gasteiger partial charge in [0.1, 0.15) is 6.04 Å². The lowest BCUT2D eigenvalue weighted by atomic mass is 10.1. The number of carboxylic acid groups (broad SMARTS) is 1. The van der Waals surface area contributed by atoms with Crippen LogP contribution >= 0.6 is 0 Å². The molecule has 0 saturated heterocycles. The number of esters is 1. The fraction of sp³-hybridized carbons (Fsp3) is 0.727.